The first-order valence-electron chi connectivity index (χ1n) is 7.73. The summed E-state index contributed by atoms with van der Waals surface area (Å²) in [4.78, 5) is 4.55. The summed E-state index contributed by atoms with van der Waals surface area (Å²) in [6, 6.07) is 7.30. The Bertz CT molecular complexity index is 614. The molecule has 3 heteroatoms. The molecule has 0 spiro atoms. The van der Waals surface area contributed by atoms with Gasteiger partial charge in [0.1, 0.15) is 11.3 Å². The second-order valence-electron chi connectivity index (χ2n) is 6.58. The van der Waals surface area contributed by atoms with Crippen LogP contribution in [-0.2, 0) is 12.0 Å². The molecule has 1 aromatic carbocycles. The van der Waals surface area contributed by atoms with Crippen molar-refractivity contribution in [1.82, 2.24) is 10.3 Å². The summed E-state index contributed by atoms with van der Waals surface area (Å²) >= 11 is 0. The number of hydrogen-bond acceptors (Lipinski definition) is 2. The van der Waals surface area contributed by atoms with Gasteiger partial charge in [-0.25, -0.2) is 9.37 Å². The average Bonchev–Trinajstić information content (AvgIpc) is 2.43. The van der Waals surface area contributed by atoms with Gasteiger partial charge in [0.2, 0.25) is 0 Å². The maximum absolute atomic E-state index is 14.1. The van der Waals surface area contributed by atoms with Gasteiger partial charge in [-0.15, -0.1) is 0 Å². The van der Waals surface area contributed by atoms with Crippen molar-refractivity contribution < 1.29 is 4.39 Å². The number of aromatic nitrogens is 1. The number of pyridine rings is 1. The van der Waals surface area contributed by atoms with Gasteiger partial charge in [-0.1, -0.05) is 46.2 Å². The van der Waals surface area contributed by atoms with E-state index in [1.54, 1.807) is 6.07 Å². The summed E-state index contributed by atoms with van der Waals surface area (Å²) in [5, 5.41) is 4.35. The standard InChI is InChI=1S/C18H25FN2/c1-5-6-10-20-12-13-11-16(18(2,3)4)21-17-14(13)8-7-9-15(17)19/h7-9,11,20H,5-6,10,12H2,1-4H3. The van der Waals surface area contributed by atoms with E-state index in [1.807, 2.05) is 6.07 Å². The topological polar surface area (TPSA) is 24.9 Å². The Morgan fingerprint density at radius 1 is 1.24 bits per heavy atom. The van der Waals surface area contributed by atoms with Crippen molar-refractivity contribution in [2.75, 3.05) is 6.54 Å². The van der Waals surface area contributed by atoms with E-state index in [4.69, 9.17) is 0 Å². The van der Waals surface area contributed by atoms with Crippen LogP contribution in [0.1, 0.15) is 51.8 Å². The van der Waals surface area contributed by atoms with Gasteiger partial charge in [-0.2, -0.15) is 0 Å². The summed E-state index contributed by atoms with van der Waals surface area (Å²) in [7, 11) is 0. The molecule has 21 heavy (non-hydrogen) atoms. The Labute approximate surface area is 126 Å². The van der Waals surface area contributed by atoms with Gasteiger partial charge in [0.25, 0.3) is 0 Å². The van der Waals surface area contributed by atoms with E-state index in [-0.39, 0.29) is 11.2 Å². The number of hydrogen-bond donors (Lipinski definition) is 1. The zero-order chi connectivity index (χ0) is 15.5. The highest BCUT2D eigenvalue weighted by molar-refractivity contribution is 5.83. The molecule has 114 valence electrons. The van der Waals surface area contributed by atoms with Gasteiger partial charge in [-0.05, 0) is 30.7 Å². The highest BCUT2D eigenvalue weighted by atomic mass is 19.1. The first-order chi connectivity index (χ1) is 9.93. The van der Waals surface area contributed by atoms with Crippen LogP contribution in [0.4, 0.5) is 4.39 Å². The fourth-order valence-electron chi connectivity index (χ4n) is 2.34. The zero-order valence-corrected chi connectivity index (χ0v) is 13.5. The number of nitrogens with zero attached hydrogens (tertiary/aromatic N) is 1. The lowest BCUT2D eigenvalue weighted by Gasteiger charge is -2.20. The zero-order valence-electron chi connectivity index (χ0n) is 13.5. The summed E-state index contributed by atoms with van der Waals surface area (Å²) in [6.45, 7) is 10.2. The second kappa shape index (κ2) is 6.52. The van der Waals surface area contributed by atoms with Crippen molar-refractivity contribution in [1.29, 1.82) is 0 Å². The predicted octanol–water partition coefficient (Wildman–Crippen LogP) is 4.56. The predicted molar refractivity (Wildman–Crippen MR) is 87.0 cm³/mol. The van der Waals surface area contributed by atoms with Crippen molar-refractivity contribution in [3.63, 3.8) is 0 Å². The maximum Gasteiger partial charge on any atom is 0.149 e. The Morgan fingerprint density at radius 2 is 2.00 bits per heavy atom. The molecule has 0 saturated carbocycles. The van der Waals surface area contributed by atoms with Gasteiger partial charge in [-0.3, -0.25) is 0 Å². The molecular formula is C18H25FN2. The van der Waals surface area contributed by atoms with Crippen molar-refractivity contribution in [2.45, 2.75) is 52.5 Å². The van der Waals surface area contributed by atoms with Crippen LogP contribution in [0, 0.1) is 5.82 Å². The third-order valence-corrected chi connectivity index (χ3v) is 3.67. The Balaban J connectivity index is 2.43. The molecule has 2 nitrogen and oxygen atoms in total. The number of benzene rings is 1. The summed E-state index contributed by atoms with van der Waals surface area (Å²) < 4.78 is 14.1. The fourth-order valence-corrected chi connectivity index (χ4v) is 2.34. The van der Waals surface area contributed by atoms with Crippen LogP contribution in [-0.4, -0.2) is 11.5 Å². The lowest BCUT2D eigenvalue weighted by atomic mass is 9.89. The number of para-hydroxylation sites is 1. The van der Waals surface area contributed by atoms with E-state index in [2.05, 4.69) is 44.1 Å². The van der Waals surface area contributed by atoms with Crippen LogP contribution in [0.2, 0.25) is 0 Å². The van der Waals surface area contributed by atoms with Crippen LogP contribution in [0.5, 0.6) is 0 Å². The molecule has 0 aliphatic carbocycles. The van der Waals surface area contributed by atoms with Gasteiger partial charge in [0.15, 0.2) is 0 Å². The molecule has 0 amide bonds. The minimum absolute atomic E-state index is 0.0887. The summed E-state index contributed by atoms with van der Waals surface area (Å²) in [5.41, 5.74) is 2.46. The maximum atomic E-state index is 14.1. The highest BCUT2D eigenvalue weighted by Gasteiger charge is 2.18. The minimum atomic E-state index is -0.242. The molecule has 0 fully saturated rings. The molecule has 0 unspecified atom stereocenters. The molecular weight excluding hydrogens is 263 g/mol. The molecule has 2 aromatic rings. The van der Waals surface area contributed by atoms with E-state index in [9.17, 15) is 4.39 Å². The number of rotatable bonds is 5. The summed E-state index contributed by atoms with van der Waals surface area (Å²) in [5.74, 6) is -0.242. The molecule has 0 aliphatic rings. The number of nitrogens with one attached hydrogen (secondary N) is 1. The van der Waals surface area contributed by atoms with Gasteiger partial charge >= 0.3 is 0 Å². The average molecular weight is 288 g/mol. The van der Waals surface area contributed by atoms with Crippen LogP contribution < -0.4 is 5.32 Å². The molecule has 0 atom stereocenters. The van der Waals surface area contributed by atoms with Gasteiger partial charge in [0, 0.05) is 23.0 Å². The van der Waals surface area contributed by atoms with Crippen LogP contribution in [0.3, 0.4) is 0 Å². The number of unbranched alkanes of at least 4 members (excludes halogenated alkanes) is 1. The van der Waals surface area contributed by atoms with Gasteiger partial charge in [0.05, 0.1) is 0 Å². The highest BCUT2D eigenvalue weighted by Crippen LogP contribution is 2.27. The molecule has 2 rings (SSSR count). The fraction of sp³-hybridized carbons (Fsp3) is 0.500. The molecule has 1 aromatic heterocycles. The first kappa shape index (κ1) is 15.9. The van der Waals surface area contributed by atoms with E-state index in [0.717, 1.165) is 36.2 Å². The second-order valence-corrected chi connectivity index (χ2v) is 6.58. The third-order valence-electron chi connectivity index (χ3n) is 3.67. The van der Waals surface area contributed by atoms with E-state index in [1.165, 1.54) is 12.5 Å². The largest absolute Gasteiger partial charge is 0.313 e. The molecule has 1 N–H and O–H groups in total. The number of fused-ring (bicyclic) bond motifs is 1. The van der Waals surface area contributed by atoms with Crippen molar-refractivity contribution in [3.05, 3.63) is 41.3 Å². The Kier molecular flexibility index (Phi) is 4.94. The molecule has 0 radical (unpaired) electrons. The van der Waals surface area contributed by atoms with E-state index in [0.29, 0.717) is 5.52 Å². The molecule has 1 heterocycles. The van der Waals surface area contributed by atoms with Crippen molar-refractivity contribution in [3.8, 4) is 0 Å². The SMILES string of the molecule is CCCCNCc1cc(C(C)(C)C)nc2c(F)cccc12. The Hall–Kier alpha value is -1.48. The summed E-state index contributed by atoms with van der Waals surface area (Å²) in [6.07, 6.45) is 2.33. The van der Waals surface area contributed by atoms with Crippen molar-refractivity contribution in [2.24, 2.45) is 0 Å². The minimum Gasteiger partial charge on any atom is -0.313 e. The van der Waals surface area contributed by atoms with Crippen LogP contribution in [0.15, 0.2) is 24.3 Å². The monoisotopic (exact) mass is 288 g/mol. The molecule has 0 aliphatic heterocycles. The third kappa shape index (κ3) is 3.79. The normalized spacial score (nSPS) is 12.0. The van der Waals surface area contributed by atoms with Crippen LogP contribution in [0.25, 0.3) is 10.9 Å². The van der Waals surface area contributed by atoms with E-state index >= 15 is 0 Å². The number of halogens is 1. The first-order valence-corrected chi connectivity index (χ1v) is 7.73. The Morgan fingerprint density at radius 3 is 2.67 bits per heavy atom. The van der Waals surface area contributed by atoms with Crippen molar-refractivity contribution >= 4 is 10.9 Å². The van der Waals surface area contributed by atoms with Gasteiger partial charge < -0.3 is 5.32 Å². The smallest absolute Gasteiger partial charge is 0.149 e. The quantitative estimate of drug-likeness (QED) is 0.816. The lowest BCUT2D eigenvalue weighted by Crippen LogP contribution is -2.18. The molecule has 0 bridgehead atoms. The van der Waals surface area contributed by atoms with Crippen LogP contribution >= 0.6 is 0 Å². The molecule has 0 saturated heterocycles. The van der Waals surface area contributed by atoms with E-state index < -0.39 is 0 Å². The lowest BCUT2D eigenvalue weighted by molar-refractivity contribution is 0.566.